The van der Waals surface area contributed by atoms with E-state index in [2.05, 4.69) is 0 Å². The van der Waals surface area contributed by atoms with Crippen LogP contribution in [0.3, 0.4) is 0 Å². The van der Waals surface area contributed by atoms with Gasteiger partial charge >= 0.3 is 0 Å². The van der Waals surface area contributed by atoms with Gasteiger partial charge in [0.2, 0.25) is 0 Å². The van der Waals surface area contributed by atoms with Crippen molar-refractivity contribution in [3.8, 4) is 5.75 Å². The van der Waals surface area contributed by atoms with Crippen molar-refractivity contribution in [2.75, 3.05) is 12.9 Å². The fourth-order valence-electron chi connectivity index (χ4n) is 2.24. The Morgan fingerprint density at radius 1 is 1.56 bits per heavy atom. The molecule has 2 nitrogen and oxygen atoms in total. The molecule has 1 atom stereocenters. The van der Waals surface area contributed by atoms with Gasteiger partial charge in [0.15, 0.2) is 5.78 Å². The van der Waals surface area contributed by atoms with Gasteiger partial charge in [-0.2, -0.15) is 0 Å². The van der Waals surface area contributed by atoms with Gasteiger partial charge in [-0.25, -0.2) is 0 Å². The van der Waals surface area contributed by atoms with Gasteiger partial charge in [0.25, 0.3) is 0 Å². The van der Waals surface area contributed by atoms with E-state index < -0.39 is 0 Å². The molecule has 1 saturated heterocycles. The molecule has 0 aliphatic carbocycles. The first-order valence-electron chi connectivity index (χ1n) is 6.05. The third-order valence-electron chi connectivity index (χ3n) is 3.40. The van der Waals surface area contributed by atoms with Crippen molar-refractivity contribution in [1.82, 2.24) is 0 Å². The number of halogens is 1. The molecule has 1 aromatic rings. The number of ketones is 1. The summed E-state index contributed by atoms with van der Waals surface area (Å²) in [6.07, 6.45) is 2.49. The van der Waals surface area contributed by atoms with Gasteiger partial charge in [-0.15, -0.1) is 11.8 Å². The number of carbonyl (C=O) groups excluding carboxylic acids is 1. The van der Waals surface area contributed by atoms with Crippen LogP contribution in [0, 0.1) is 0 Å². The van der Waals surface area contributed by atoms with Gasteiger partial charge in [0.1, 0.15) is 5.75 Å². The van der Waals surface area contributed by atoms with Crippen LogP contribution in [0.2, 0.25) is 5.02 Å². The standard InChI is InChI=1S/C14H17ClO2S/c1-14(6-3-7-18-14)13(16)9-10-8-11(15)4-5-12(10)17-2/h4-5,8H,3,6-7,9H2,1-2H3. The van der Waals surface area contributed by atoms with Crippen molar-refractivity contribution in [1.29, 1.82) is 0 Å². The van der Waals surface area contributed by atoms with Crippen molar-refractivity contribution in [2.45, 2.75) is 30.9 Å². The SMILES string of the molecule is COc1ccc(Cl)cc1CC(=O)C1(C)CCCS1. The number of ether oxygens (including phenoxy) is 1. The fraction of sp³-hybridized carbons (Fsp3) is 0.500. The van der Waals surface area contributed by atoms with Gasteiger partial charge < -0.3 is 4.74 Å². The van der Waals surface area contributed by atoms with Crippen LogP contribution in [0.1, 0.15) is 25.3 Å². The molecular weight excluding hydrogens is 268 g/mol. The summed E-state index contributed by atoms with van der Waals surface area (Å²) in [6, 6.07) is 5.41. The number of methoxy groups -OCH3 is 1. The van der Waals surface area contributed by atoms with Crippen LogP contribution in [-0.2, 0) is 11.2 Å². The zero-order chi connectivity index (χ0) is 13.2. The number of benzene rings is 1. The molecular formula is C14H17ClO2S. The van der Waals surface area contributed by atoms with Crippen LogP contribution in [0.25, 0.3) is 0 Å². The number of hydrogen-bond acceptors (Lipinski definition) is 3. The first kappa shape index (κ1) is 13.8. The monoisotopic (exact) mass is 284 g/mol. The summed E-state index contributed by atoms with van der Waals surface area (Å²) in [5.41, 5.74) is 0.878. The van der Waals surface area contributed by atoms with E-state index in [0.29, 0.717) is 11.4 Å². The molecule has 0 amide bonds. The molecule has 0 spiro atoms. The lowest BCUT2D eigenvalue weighted by atomic mass is 9.94. The van der Waals surface area contributed by atoms with E-state index >= 15 is 0 Å². The Morgan fingerprint density at radius 3 is 2.94 bits per heavy atom. The quantitative estimate of drug-likeness (QED) is 0.842. The van der Waals surface area contributed by atoms with Gasteiger partial charge in [0, 0.05) is 17.0 Å². The highest BCUT2D eigenvalue weighted by Crippen LogP contribution is 2.39. The van der Waals surface area contributed by atoms with Crippen molar-refractivity contribution < 1.29 is 9.53 Å². The zero-order valence-corrected chi connectivity index (χ0v) is 12.2. The van der Waals surface area contributed by atoms with E-state index in [1.165, 1.54) is 0 Å². The van der Waals surface area contributed by atoms with E-state index in [1.807, 2.05) is 19.1 Å². The molecule has 98 valence electrons. The molecule has 18 heavy (non-hydrogen) atoms. The third kappa shape index (κ3) is 2.83. The molecule has 1 aromatic carbocycles. The van der Waals surface area contributed by atoms with Crippen molar-refractivity contribution in [2.24, 2.45) is 0 Å². The minimum atomic E-state index is -0.229. The van der Waals surface area contributed by atoms with Crippen LogP contribution in [0.5, 0.6) is 5.75 Å². The predicted molar refractivity (Wildman–Crippen MR) is 76.8 cm³/mol. The summed E-state index contributed by atoms with van der Waals surface area (Å²) < 4.78 is 5.05. The molecule has 0 bridgehead atoms. The minimum absolute atomic E-state index is 0.229. The zero-order valence-electron chi connectivity index (χ0n) is 10.7. The molecule has 0 saturated carbocycles. The molecule has 4 heteroatoms. The molecule has 1 unspecified atom stereocenters. The van der Waals surface area contributed by atoms with Crippen molar-refractivity contribution in [3.05, 3.63) is 28.8 Å². The predicted octanol–water partition coefficient (Wildman–Crippen LogP) is 3.75. The van der Waals surface area contributed by atoms with Gasteiger partial charge in [-0.1, -0.05) is 11.6 Å². The maximum Gasteiger partial charge on any atom is 0.153 e. The topological polar surface area (TPSA) is 26.3 Å². The van der Waals surface area contributed by atoms with Crippen LogP contribution in [0.4, 0.5) is 0 Å². The van der Waals surface area contributed by atoms with Crippen LogP contribution < -0.4 is 4.74 Å². The lowest BCUT2D eigenvalue weighted by molar-refractivity contribution is -0.120. The number of thioether (sulfide) groups is 1. The lowest BCUT2D eigenvalue weighted by Gasteiger charge is -2.21. The van der Waals surface area contributed by atoms with Gasteiger partial charge in [-0.05, 0) is 43.7 Å². The Hall–Kier alpha value is -0.670. The van der Waals surface area contributed by atoms with Crippen LogP contribution >= 0.6 is 23.4 Å². The van der Waals surface area contributed by atoms with Crippen LogP contribution in [0.15, 0.2) is 18.2 Å². The summed E-state index contributed by atoms with van der Waals surface area (Å²) >= 11 is 7.75. The van der Waals surface area contributed by atoms with Gasteiger partial charge in [-0.3, -0.25) is 4.79 Å². The van der Waals surface area contributed by atoms with Crippen molar-refractivity contribution >= 4 is 29.1 Å². The highest BCUT2D eigenvalue weighted by atomic mass is 35.5. The Morgan fingerprint density at radius 2 is 2.33 bits per heavy atom. The molecule has 2 rings (SSSR count). The number of hydrogen-bond donors (Lipinski definition) is 0. The largest absolute Gasteiger partial charge is 0.496 e. The van der Waals surface area contributed by atoms with E-state index in [0.717, 1.165) is 29.9 Å². The molecule has 1 heterocycles. The highest BCUT2D eigenvalue weighted by Gasteiger charge is 2.36. The highest BCUT2D eigenvalue weighted by molar-refractivity contribution is 8.01. The van der Waals surface area contributed by atoms with Gasteiger partial charge in [0.05, 0.1) is 11.9 Å². The number of carbonyl (C=O) groups is 1. The van der Waals surface area contributed by atoms with E-state index in [1.54, 1.807) is 24.9 Å². The fourth-order valence-corrected chi connectivity index (χ4v) is 3.70. The summed E-state index contributed by atoms with van der Waals surface area (Å²) in [7, 11) is 1.61. The third-order valence-corrected chi connectivity index (χ3v) is 5.20. The molecule has 0 radical (unpaired) electrons. The normalized spacial score (nSPS) is 23.1. The Bertz CT molecular complexity index is 453. The second-order valence-corrected chi connectivity index (χ2v) is 6.77. The molecule has 0 N–H and O–H groups in total. The average molecular weight is 285 g/mol. The maximum atomic E-state index is 12.4. The first-order chi connectivity index (χ1) is 8.55. The summed E-state index contributed by atoms with van der Waals surface area (Å²) in [5, 5.41) is 0.642. The smallest absolute Gasteiger partial charge is 0.153 e. The maximum absolute atomic E-state index is 12.4. The van der Waals surface area contributed by atoms with E-state index in [-0.39, 0.29) is 10.5 Å². The Labute approximate surface area is 117 Å². The van der Waals surface area contributed by atoms with E-state index in [9.17, 15) is 4.79 Å². The minimum Gasteiger partial charge on any atom is -0.496 e. The molecule has 1 aliphatic heterocycles. The van der Waals surface area contributed by atoms with Crippen molar-refractivity contribution in [3.63, 3.8) is 0 Å². The number of Topliss-reactive ketones (excluding diaryl/α,β-unsaturated/α-hetero) is 1. The average Bonchev–Trinajstić information content (AvgIpc) is 2.78. The number of rotatable bonds is 4. The summed E-state index contributed by atoms with van der Waals surface area (Å²) in [6.45, 7) is 2.05. The molecule has 1 aliphatic rings. The summed E-state index contributed by atoms with van der Waals surface area (Å²) in [5.74, 6) is 2.08. The molecule has 0 aromatic heterocycles. The summed E-state index contributed by atoms with van der Waals surface area (Å²) in [4.78, 5) is 12.4. The van der Waals surface area contributed by atoms with Crippen LogP contribution in [-0.4, -0.2) is 23.4 Å². The Kier molecular flexibility index (Phi) is 4.23. The first-order valence-corrected chi connectivity index (χ1v) is 7.41. The second-order valence-electron chi connectivity index (χ2n) is 4.74. The second kappa shape index (κ2) is 5.54. The lowest BCUT2D eigenvalue weighted by Crippen LogP contribution is -2.30. The molecule has 1 fully saturated rings. The Balaban J connectivity index is 2.18. The van der Waals surface area contributed by atoms with E-state index in [4.69, 9.17) is 16.3 Å².